The van der Waals surface area contributed by atoms with Crippen molar-refractivity contribution in [2.75, 3.05) is 31.1 Å². The van der Waals surface area contributed by atoms with E-state index in [4.69, 9.17) is 27.9 Å². The molecule has 0 radical (unpaired) electrons. The van der Waals surface area contributed by atoms with E-state index < -0.39 is 0 Å². The minimum absolute atomic E-state index is 0.308. The molecule has 160 valence electrons. The van der Waals surface area contributed by atoms with Gasteiger partial charge in [-0.3, -0.25) is 0 Å². The summed E-state index contributed by atoms with van der Waals surface area (Å²) in [5.74, 6) is 1.11. The highest BCUT2D eigenvalue weighted by Gasteiger charge is 2.25. The van der Waals surface area contributed by atoms with Crippen molar-refractivity contribution in [3.8, 4) is 11.6 Å². The van der Waals surface area contributed by atoms with E-state index in [1.807, 2.05) is 42.2 Å². The lowest BCUT2D eigenvalue weighted by molar-refractivity contribution is 0.295. The average molecular weight is 457 g/mol. The maximum Gasteiger partial charge on any atom is 0.230 e. The van der Waals surface area contributed by atoms with Crippen molar-refractivity contribution in [3.05, 3.63) is 82.0 Å². The van der Waals surface area contributed by atoms with Gasteiger partial charge in [0.15, 0.2) is 5.84 Å². The van der Waals surface area contributed by atoms with Crippen LogP contribution in [0.1, 0.15) is 11.3 Å². The van der Waals surface area contributed by atoms with Crippen LogP contribution >= 0.6 is 23.2 Å². The zero-order valence-electron chi connectivity index (χ0n) is 17.0. The number of amidine groups is 1. The lowest BCUT2D eigenvalue weighted by Gasteiger charge is -2.37. The minimum atomic E-state index is 0.308. The number of nitrogens with zero attached hydrogens (tertiary/aromatic N) is 4. The highest BCUT2D eigenvalue weighted by atomic mass is 35.5. The molecule has 6 nitrogen and oxygen atoms in total. The largest absolute Gasteiger partial charge is 0.437 e. The molecule has 0 amide bonds. The maximum absolute atomic E-state index is 9.88. The number of hydrogen-bond donors (Lipinski definition) is 1. The number of anilines is 1. The Hall–Kier alpha value is -2.96. The number of hydrogen-bond acceptors (Lipinski definition) is 5. The topological polar surface area (TPSA) is 61.2 Å². The molecule has 0 spiro atoms. The van der Waals surface area contributed by atoms with Crippen molar-refractivity contribution in [1.82, 2.24) is 9.88 Å². The molecule has 1 fully saturated rings. The number of benzene rings is 2. The van der Waals surface area contributed by atoms with Crippen molar-refractivity contribution < 1.29 is 9.94 Å². The summed E-state index contributed by atoms with van der Waals surface area (Å²) >= 11 is 12.4. The van der Waals surface area contributed by atoms with Gasteiger partial charge in [-0.15, -0.1) is 0 Å². The first-order chi connectivity index (χ1) is 15.0. The molecule has 1 N–H and O–H groups in total. The van der Waals surface area contributed by atoms with Gasteiger partial charge in [0.25, 0.3) is 0 Å². The Morgan fingerprint density at radius 2 is 1.74 bits per heavy atom. The first kappa shape index (κ1) is 21.3. The number of aryl methyl sites for hydroxylation is 1. The fourth-order valence-corrected chi connectivity index (χ4v) is 3.86. The molecule has 1 saturated heterocycles. The van der Waals surface area contributed by atoms with Gasteiger partial charge in [-0.1, -0.05) is 46.6 Å². The summed E-state index contributed by atoms with van der Waals surface area (Å²) in [6.45, 7) is 4.86. The fraction of sp³-hybridized carbons (Fsp3) is 0.217. The standard InChI is InChI=1S/C23H22Cl2N4O2/c1-16-7-9-19(23(26-16)31-21-15-17(24)8-10-20(21)25)22(27-30)29-13-11-28(12-14-29)18-5-3-2-4-6-18/h2-10,15,30H,11-14H2,1H3/b27-22-. The van der Waals surface area contributed by atoms with Gasteiger partial charge in [0, 0.05) is 48.6 Å². The zero-order chi connectivity index (χ0) is 21.8. The Kier molecular flexibility index (Phi) is 6.49. The van der Waals surface area contributed by atoms with E-state index in [-0.39, 0.29) is 0 Å². The highest BCUT2D eigenvalue weighted by molar-refractivity contribution is 6.34. The van der Waals surface area contributed by atoms with Crippen molar-refractivity contribution in [1.29, 1.82) is 0 Å². The van der Waals surface area contributed by atoms with E-state index >= 15 is 0 Å². The molecule has 0 unspecified atom stereocenters. The Bertz CT molecular complexity index is 1080. The van der Waals surface area contributed by atoms with Gasteiger partial charge in [0.05, 0.1) is 10.6 Å². The Morgan fingerprint density at radius 3 is 2.45 bits per heavy atom. The molecule has 1 aliphatic heterocycles. The summed E-state index contributed by atoms with van der Waals surface area (Å²) in [5.41, 5.74) is 2.53. The quantitative estimate of drug-likeness (QED) is 0.245. The minimum Gasteiger partial charge on any atom is -0.437 e. The lowest BCUT2D eigenvalue weighted by atomic mass is 10.1. The molecule has 1 aromatic heterocycles. The lowest BCUT2D eigenvalue weighted by Crippen LogP contribution is -2.49. The van der Waals surface area contributed by atoms with Crippen molar-refractivity contribution in [2.24, 2.45) is 5.16 Å². The van der Waals surface area contributed by atoms with Crippen LogP contribution in [0.2, 0.25) is 10.0 Å². The number of oxime groups is 1. The van der Waals surface area contributed by atoms with Gasteiger partial charge in [-0.2, -0.15) is 0 Å². The summed E-state index contributed by atoms with van der Waals surface area (Å²) in [4.78, 5) is 8.85. The second-order valence-electron chi connectivity index (χ2n) is 7.22. The van der Waals surface area contributed by atoms with Gasteiger partial charge in [0.1, 0.15) is 5.75 Å². The predicted octanol–water partition coefficient (Wildman–Crippen LogP) is 5.45. The molecule has 2 heterocycles. The van der Waals surface area contributed by atoms with Crippen LogP contribution in [0.4, 0.5) is 5.69 Å². The molecule has 1 aliphatic rings. The molecule has 0 saturated carbocycles. The first-order valence-corrected chi connectivity index (χ1v) is 10.7. The Balaban J connectivity index is 1.57. The second kappa shape index (κ2) is 9.45. The fourth-order valence-electron chi connectivity index (χ4n) is 3.54. The smallest absolute Gasteiger partial charge is 0.230 e. The Labute approximate surface area is 191 Å². The summed E-state index contributed by atoms with van der Waals surface area (Å²) in [6, 6.07) is 19.0. The molecule has 3 aromatic rings. The van der Waals surface area contributed by atoms with Crippen LogP contribution in [-0.2, 0) is 0 Å². The van der Waals surface area contributed by atoms with Crippen LogP contribution in [0.5, 0.6) is 11.6 Å². The average Bonchev–Trinajstić information content (AvgIpc) is 2.79. The molecule has 4 rings (SSSR count). The molecular weight excluding hydrogens is 435 g/mol. The van der Waals surface area contributed by atoms with Crippen LogP contribution in [0.3, 0.4) is 0 Å². The summed E-state index contributed by atoms with van der Waals surface area (Å²) < 4.78 is 6.01. The van der Waals surface area contributed by atoms with Crippen LogP contribution < -0.4 is 9.64 Å². The van der Waals surface area contributed by atoms with Gasteiger partial charge in [-0.05, 0) is 43.3 Å². The van der Waals surface area contributed by atoms with Crippen LogP contribution in [0, 0.1) is 6.92 Å². The normalized spacial score (nSPS) is 14.6. The monoisotopic (exact) mass is 456 g/mol. The number of halogens is 2. The number of rotatable bonds is 4. The van der Waals surface area contributed by atoms with Gasteiger partial charge in [0.2, 0.25) is 5.88 Å². The van der Waals surface area contributed by atoms with E-state index in [0.717, 1.165) is 18.8 Å². The molecule has 0 bridgehead atoms. The molecule has 31 heavy (non-hydrogen) atoms. The van der Waals surface area contributed by atoms with E-state index in [1.54, 1.807) is 18.2 Å². The first-order valence-electron chi connectivity index (χ1n) is 9.93. The van der Waals surface area contributed by atoms with Crippen molar-refractivity contribution in [2.45, 2.75) is 6.92 Å². The maximum atomic E-state index is 9.88. The number of aromatic nitrogens is 1. The molecule has 0 atom stereocenters. The summed E-state index contributed by atoms with van der Waals surface area (Å²) in [5, 5.41) is 14.4. The number of piperazine rings is 1. The Morgan fingerprint density at radius 1 is 1.00 bits per heavy atom. The van der Waals surface area contributed by atoms with Gasteiger partial charge < -0.3 is 19.7 Å². The van der Waals surface area contributed by atoms with Crippen LogP contribution in [0.25, 0.3) is 0 Å². The third-order valence-corrected chi connectivity index (χ3v) is 5.68. The molecule has 2 aromatic carbocycles. The molecular formula is C23H22Cl2N4O2. The number of pyridine rings is 1. The highest BCUT2D eigenvalue weighted by Crippen LogP contribution is 2.33. The van der Waals surface area contributed by atoms with Crippen molar-refractivity contribution >= 4 is 34.7 Å². The third kappa shape index (κ3) is 4.86. The summed E-state index contributed by atoms with van der Waals surface area (Å²) in [6.07, 6.45) is 0. The zero-order valence-corrected chi connectivity index (χ0v) is 18.5. The number of ether oxygens (including phenoxy) is 1. The second-order valence-corrected chi connectivity index (χ2v) is 8.06. The van der Waals surface area contributed by atoms with E-state index in [1.165, 1.54) is 5.69 Å². The van der Waals surface area contributed by atoms with Crippen LogP contribution in [0.15, 0.2) is 65.8 Å². The van der Waals surface area contributed by atoms with Gasteiger partial charge >= 0.3 is 0 Å². The van der Waals surface area contributed by atoms with Crippen molar-refractivity contribution in [3.63, 3.8) is 0 Å². The summed E-state index contributed by atoms with van der Waals surface area (Å²) in [7, 11) is 0. The van der Waals surface area contributed by atoms with E-state index in [2.05, 4.69) is 27.2 Å². The molecule has 8 heteroatoms. The third-order valence-electron chi connectivity index (χ3n) is 5.14. The van der Waals surface area contributed by atoms with E-state index in [9.17, 15) is 5.21 Å². The number of para-hydroxylation sites is 1. The molecule has 0 aliphatic carbocycles. The SMILES string of the molecule is Cc1ccc(/C(=N/O)N2CCN(c3ccccc3)CC2)c(Oc2cc(Cl)ccc2Cl)n1. The van der Waals surface area contributed by atoms with Crippen LogP contribution in [-0.4, -0.2) is 47.1 Å². The predicted molar refractivity (Wildman–Crippen MR) is 124 cm³/mol. The van der Waals surface area contributed by atoms with Gasteiger partial charge in [-0.25, -0.2) is 4.98 Å². The van der Waals surface area contributed by atoms with E-state index in [0.29, 0.717) is 46.2 Å².